The van der Waals surface area contributed by atoms with Crippen LogP contribution < -0.4 is 5.73 Å². The van der Waals surface area contributed by atoms with Crippen LogP contribution in [0.4, 0.5) is 0 Å². The second kappa shape index (κ2) is 4.10. The lowest BCUT2D eigenvalue weighted by Crippen LogP contribution is -2.14. The van der Waals surface area contributed by atoms with E-state index in [1.54, 1.807) is 18.2 Å². The van der Waals surface area contributed by atoms with Gasteiger partial charge in [0, 0.05) is 10.6 Å². The Morgan fingerprint density at radius 3 is 2.62 bits per heavy atom. The molecule has 2 N–H and O–H groups in total. The Kier molecular flexibility index (Phi) is 3.09. The van der Waals surface area contributed by atoms with Crippen molar-refractivity contribution < 1.29 is 4.79 Å². The summed E-state index contributed by atoms with van der Waals surface area (Å²) in [6.07, 6.45) is 8.71. The first-order valence-electron chi connectivity index (χ1n) is 3.84. The molecule has 1 aliphatic carbocycles. The molecule has 13 heavy (non-hydrogen) atoms. The Hall–Kier alpha value is -1.28. The van der Waals surface area contributed by atoms with E-state index in [2.05, 4.69) is 0 Å². The highest BCUT2D eigenvalue weighted by Crippen LogP contribution is 2.16. The van der Waals surface area contributed by atoms with Gasteiger partial charge < -0.3 is 5.73 Å². The Morgan fingerprint density at radius 1 is 1.38 bits per heavy atom. The van der Waals surface area contributed by atoms with E-state index in [1.165, 1.54) is 0 Å². The summed E-state index contributed by atoms with van der Waals surface area (Å²) < 4.78 is 0. The average Bonchev–Trinajstić information content (AvgIpc) is 2.04. The molecule has 0 spiro atoms. The Morgan fingerprint density at radius 2 is 2.00 bits per heavy atom. The van der Waals surface area contributed by atoms with Crippen molar-refractivity contribution in [1.29, 1.82) is 0 Å². The van der Waals surface area contributed by atoms with Gasteiger partial charge >= 0.3 is 0 Å². The molecule has 1 amide bonds. The number of carbonyl (C=O) groups is 1. The quantitative estimate of drug-likeness (QED) is 0.684. The first kappa shape index (κ1) is 9.81. The molecule has 0 bridgehead atoms. The molecular formula is C10H10ClNO. The van der Waals surface area contributed by atoms with E-state index in [9.17, 15) is 4.79 Å². The monoisotopic (exact) mass is 195 g/mol. The van der Waals surface area contributed by atoms with E-state index in [1.807, 2.05) is 19.1 Å². The molecule has 3 heteroatoms. The number of hydrogen-bond acceptors (Lipinski definition) is 1. The van der Waals surface area contributed by atoms with Crippen molar-refractivity contribution in [2.24, 2.45) is 5.73 Å². The molecule has 0 saturated heterocycles. The zero-order valence-electron chi connectivity index (χ0n) is 7.25. The lowest BCUT2D eigenvalue weighted by molar-refractivity contribution is -0.114. The molecule has 1 aliphatic rings. The van der Waals surface area contributed by atoms with Crippen molar-refractivity contribution in [2.75, 3.05) is 0 Å². The minimum Gasteiger partial charge on any atom is -0.366 e. The normalized spacial score (nSPS) is 31.1. The second-order valence-electron chi connectivity index (χ2n) is 2.71. The van der Waals surface area contributed by atoms with Gasteiger partial charge in [0.1, 0.15) is 0 Å². The van der Waals surface area contributed by atoms with Crippen molar-refractivity contribution in [1.82, 2.24) is 0 Å². The van der Waals surface area contributed by atoms with Gasteiger partial charge in [-0.1, -0.05) is 29.8 Å². The highest BCUT2D eigenvalue weighted by molar-refractivity contribution is 6.31. The second-order valence-corrected chi connectivity index (χ2v) is 3.14. The summed E-state index contributed by atoms with van der Waals surface area (Å²) in [5.41, 5.74) is 6.45. The molecule has 0 saturated carbocycles. The van der Waals surface area contributed by atoms with Crippen LogP contribution in [0.25, 0.3) is 0 Å². The van der Waals surface area contributed by atoms with E-state index >= 15 is 0 Å². The molecule has 0 aromatic heterocycles. The van der Waals surface area contributed by atoms with Crippen LogP contribution in [-0.4, -0.2) is 5.91 Å². The molecular weight excluding hydrogens is 186 g/mol. The zero-order valence-corrected chi connectivity index (χ0v) is 8.01. The Balaban J connectivity index is 3.14. The summed E-state index contributed by atoms with van der Waals surface area (Å²) in [6, 6.07) is 0. The van der Waals surface area contributed by atoms with Crippen LogP contribution >= 0.6 is 11.6 Å². The van der Waals surface area contributed by atoms with Gasteiger partial charge in [0.15, 0.2) is 0 Å². The van der Waals surface area contributed by atoms with Crippen LogP contribution in [0, 0.1) is 0 Å². The van der Waals surface area contributed by atoms with Gasteiger partial charge in [-0.2, -0.15) is 0 Å². The third-order valence-corrected chi connectivity index (χ3v) is 1.92. The predicted octanol–water partition coefficient (Wildman–Crippen LogP) is 2.04. The topological polar surface area (TPSA) is 43.1 Å². The van der Waals surface area contributed by atoms with Crippen LogP contribution in [-0.2, 0) is 4.79 Å². The maximum Gasteiger partial charge on any atom is 0.249 e. The zero-order chi connectivity index (χ0) is 9.84. The largest absolute Gasteiger partial charge is 0.366 e. The number of primary amides is 1. The number of carbonyl (C=O) groups excluding carboxylic acids is 1. The molecule has 0 atom stereocenters. The summed E-state index contributed by atoms with van der Waals surface area (Å²) in [5, 5.41) is 0.498. The van der Waals surface area contributed by atoms with Crippen molar-refractivity contribution in [2.45, 2.75) is 6.92 Å². The number of amides is 1. The van der Waals surface area contributed by atoms with Gasteiger partial charge in [0.05, 0.1) is 0 Å². The third-order valence-electron chi connectivity index (χ3n) is 1.69. The fourth-order valence-corrected chi connectivity index (χ4v) is 1.18. The molecule has 0 aliphatic heterocycles. The van der Waals surface area contributed by atoms with Crippen molar-refractivity contribution >= 4 is 17.5 Å². The van der Waals surface area contributed by atoms with Gasteiger partial charge in [0.25, 0.3) is 0 Å². The minimum absolute atomic E-state index is 0.450. The number of halogens is 1. The van der Waals surface area contributed by atoms with E-state index in [4.69, 9.17) is 17.3 Å². The molecule has 0 fully saturated rings. The van der Waals surface area contributed by atoms with Crippen LogP contribution in [0.5, 0.6) is 0 Å². The summed E-state index contributed by atoms with van der Waals surface area (Å²) >= 11 is 5.80. The van der Waals surface area contributed by atoms with Crippen molar-refractivity contribution in [3.05, 3.63) is 46.6 Å². The van der Waals surface area contributed by atoms with Crippen molar-refractivity contribution in [3.8, 4) is 0 Å². The molecule has 0 aromatic rings. The fourth-order valence-electron chi connectivity index (χ4n) is 1.00. The first-order valence-corrected chi connectivity index (χ1v) is 4.21. The summed E-state index contributed by atoms with van der Waals surface area (Å²) in [4.78, 5) is 11.0. The molecule has 0 unspecified atom stereocenters. The lowest BCUT2D eigenvalue weighted by atomic mass is 10.1. The van der Waals surface area contributed by atoms with Gasteiger partial charge in [-0.25, -0.2) is 0 Å². The van der Waals surface area contributed by atoms with E-state index in [0.29, 0.717) is 10.6 Å². The molecule has 0 radical (unpaired) electrons. The molecule has 0 aromatic carbocycles. The molecule has 0 heterocycles. The number of allylic oxidation sites excluding steroid dienone is 6. The van der Waals surface area contributed by atoms with Crippen LogP contribution in [0.1, 0.15) is 6.92 Å². The highest BCUT2D eigenvalue weighted by atomic mass is 35.5. The Labute approximate surface area is 82.1 Å². The fraction of sp³-hybridized carbons (Fsp3) is 0.100. The van der Waals surface area contributed by atoms with Gasteiger partial charge in [-0.3, -0.25) is 4.79 Å². The minimum atomic E-state index is -0.462. The van der Waals surface area contributed by atoms with Crippen LogP contribution in [0.15, 0.2) is 46.6 Å². The summed E-state index contributed by atoms with van der Waals surface area (Å²) in [7, 11) is 0. The van der Waals surface area contributed by atoms with Crippen molar-refractivity contribution in [3.63, 3.8) is 0 Å². The van der Waals surface area contributed by atoms with Crippen LogP contribution in [0.2, 0.25) is 0 Å². The summed E-state index contributed by atoms with van der Waals surface area (Å²) in [5.74, 6) is -0.462. The molecule has 1 rings (SSSR count). The SMILES string of the molecule is CC1=C/C=C/C=C(Cl)\C=C\1C(N)=O. The van der Waals surface area contributed by atoms with E-state index in [-0.39, 0.29) is 0 Å². The Bertz CT molecular complexity index is 348. The molecule has 68 valence electrons. The highest BCUT2D eigenvalue weighted by Gasteiger charge is 2.07. The average molecular weight is 196 g/mol. The first-order chi connectivity index (χ1) is 6.11. The maximum absolute atomic E-state index is 11.0. The standard InChI is InChI=1S/C10H10ClNO/c1-7-4-2-3-5-8(11)6-9(7)10(12)13/h2-6H,1H3,(H2,12,13)/b3-2+,4-2?,5-3?,7-4-,8-5+,8-6?,9-6-,9-7?. The predicted molar refractivity (Wildman–Crippen MR) is 54.1 cm³/mol. The number of hydrogen-bond donors (Lipinski definition) is 1. The maximum atomic E-state index is 11.0. The smallest absolute Gasteiger partial charge is 0.249 e. The lowest BCUT2D eigenvalue weighted by Gasteiger charge is -2.03. The third kappa shape index (κ3) is 2.60. The van der Waals surface area contributed by atoms with E-state index < -0.39 is 5.91 Å². The van der Waals surface area contributed by atoms with Crippen LogP contribution in [0.3, 0.4) is 0 Å². The summed E-state index contributed by atoms with van der Waals surface area (Å²) in [6.45, 7) is 1.82. The van der Waals surface area contributed by atoms with E-state index in [0.717, 1.165) is 5.57 Å². The number of nitrogens with two attached hydrogens (primary N) is 1. The van der Waals surface area contributed by atoms with Gasteiger partial charge in [-0.05, 0) is 24.6 Å². The molecule has 2 nitrogen and oxygen atoms in total. The van der Waals surface area contributed by atoms with Gasteiger partial charge in [-0.15, -0.1) is 0 Å². The number of rotatable bonds is 1. The van der Waals surface area contributed by atoms with Gasteiger partial charge in [0.2, 0.25) is 5.91 Å².